The minimum absolute atomic E-state index is 0.104. The molecule has 1 atom stereocenters. The Morgan fingerprint density at radius 2 is 1.73 bits per heavy atom. The maximum atomic E-state index is 5.54. The van der Waals surface area contributed by atoms with E-state index in [9.17, 15) is 0 Å². The highest BCUT2D eigenvalue weighted by atomic mass is 16.5. The van der Waals surface area contributed by atoms with Crippen LogP contribution in [0, 0.1) is 0 Å². The second kappa shape index (κ2) is 5.01. The Hall–Kier alpha value is -1.24. The Bertz CT molecular complexity index is 306. The molecule has 0 amide bonds. The fourth-order valence-corrected chi connectivity index (χ4v) is 1.23. The van der Waals surface area contributed by atoms with Crippen molar-refractivity contribution < 1.29 is 4.74 Å². The van der Waals surface area contributed by atoms with E-state index in [2.05, 4.69) is 37.3 Å². The van der Waals surface area contributed by atoms with Crippen LogP contribution in [0.25, 0.3) is 0 Å². The van der Waals surface area contributed by atoms with Crippen molar-refractivity contribution in [2.45, 2.75) is 39.2 Å². The fraction of sp³-hybridized carbons (Fsp3) is 0.429. The van der Waals surface area contributed by atoms with Crippen molar-refractivity contribution in [3.63, 3.8) is 0 Å². The van der Waals surface area contributed by atoms with Gasteiger partial charge < -0.3 is 4.74 Å². The van der Waals surface area contributed by atoms with Gasteiger partial charge in [0.2, 0.25) is 0 Å². The van der Waals surface area contributed by atoms with E-state index in [0.29, 0.717) is 5.92 Å². The van der Waals surface area contributed by atoms with Gasteiger partial charge >= 0.3 is 0 Å². The Kier molecular flexibility index (Phi) is 3.96. The molecule has 0 radical (unpaired) electrons. The van der Waals surface area contributed by atoms with Crippen LogP contribution in [-0.2, 0) is 4.74 Å². The molecule has 0 fully saturated rings. The number of hydrogen-bond acceptors (Lipinski definition) is 1. The maximum absolute atomic E-state index is 5.54. The number of hydrogen-bond donors (Lipinski definition) is 0. The number of benzene rings is 1. The quantitative estimate of drug-likeness (QED) is 0.673. The zero-order valence-electron chi connectivity index (χ0n) is 10.0. The van der Waals surface area contributed by atoms with E-state index in [4.69, 9.17) is 4.74 Å². The Balaban J connectivity index is 2.53. The zero-order valence-corrected chi connectivity index (χ0v) is 10.0. The zero-order chi connectivity index (χ0) is 11.3. The van der Waals surface area contributed by atoms with Crippen LogP contribution in [0.2, 0.25) is 0 Å². The summed E-state index contributed by atoms with van der Waals surface area (Å²) < 4.78 is 5.54. The molecular weight excluding hydrogens is 184 g/mol. The molecule has 0 aliphatic rings. The number of rotatable bonds is 3. The lowest BCUT2D eigenvalue weighted by Gasteiger charge is -2.18. The molecule has 1 aromatic rings. The molecule has 0 N–H and O–H groups in total. The third-order valence-corrected chi connectivity index (χ3v) is 2.11. The first kappa shape index (κ1) is 11.8. The molecule has 1 nitrogen and oxygen atoms in total. The van der Waals surface area contributed by atoms with Crippen LogP contribution in [0.15, 0.2) is 42.7 Å². The lowest BCUT2D eigenvalue weighted by Crippen LogP contribution is -2.15. The van der Waals surface area contributed by atoms with E-state index >= 15 is 0 Å². The van der Waals surface area contributed by atoms with Crippen LogP contribution < -0.4 is 0 Å². The average molecular weight is 204 g/mol. The molecule has 1 unspecified atom stereocenters. The first-order valence-electron chi connectivity index (χ1n) is 5.38. The summed E-state index contributed by atoms with van der Waals surface area (Å²) >= 11 is 0. The standard InChI is InChI=1S/C14H20O/c1-12(10-11-15-14(2,3)4)13-8-6-5-7-9-13/h5-12H,1-4H3/b11-10-. The lowest BCUT2D eigenvalue weighted by molar-refractivity contribution is 0.0760. The van der Waals surface area contributed by atoms with Gasteiger partial charge in [0, 0.05) is 5.92 Å². The number of allylic oxidation sites excluding steroid dienone is 1. The molecule has 0 aromatic heterocycles. The predicted molar refractivity (Wildman–Crippen MR) is 64.8 cm³/mol. The van der Waals surface area contributed by atoms with Crippen molar-refractivity contribution >= 4 is 0 Å². The van der Waals surface area contributed by atoms with Gasteiger partial charge in [-0.2, -0.15) is 0 Å². The van der Waals surface area contributed by atoms with Crippen molar-refractivity contribution in [3.8, 4) is 0 Å². The SMILES string of the molecule is CC(/C=C\OC(C)(C)C)c1ccccc1. The van der Waals surface area contributed by atoms with Gasteiger partial charge in [-0.05, 0) is 32.4 Å². The van der Waals surface area contributed by atoms with Gasteiger partial charge in [-0.25, -0.2) is 0 Å². The summed E-state index contributed by atoms with van der Waals surface area (Å²) in [7, 11) is 0. The molecule has 0 aliphatic heterocycles. The fourth-order valence-electron chi connectivity index (χ4n) is 1.23. The molecule has 0 saturated carbocycles. The van der Waals surface area contributed by atoms with Gasteiger partial charge in [-0.15, -0.1) is 0 Å². The van der Waals surface area contributed by atoms with Crippen molar-refractivity contribution in [1.82, 2.24) is 0 Å². The number of ether oxygens (including phenoxy) is 1. The lowest BCUT2D eigenvalue weighted by atomic mass is 10.0. The second-order valence-corrected chi connectivity index (χ2v) is 4.76. The van der Waals surface area contributed by atoms with Gasteiger partial charge in [0.15, 0.2) is 0 Å². The monoisotopic (exact) mass is 204 g/mol. The van der Waals surface area contributed by atoms with E-state index in [-0.39, 0.29) is 5.60 Å². The van der Waals surface area contributed by atoms with Crippen LogP contribution in [-0.4, -0.2) is 5.60 Å². The van der Waals surface area contributed by atoms with E-state index in [1.165, 1.54) is 5.56 Å². The smallest absolute Gasteiger partial charge is 0.0998 e. The third-order valence-electron chi connectivity index (χ3n) is 2.11. The molecule has 1 aromatic carbocycles. The van der Waals surface area contributed by atoms with E-state index in [0.717, 1.165) is 0 Å². The molecule has 1 heteroatoms. The van der Waals surface area contributed by atoms with Crippen molar-refractivity contribution in [1.29, 1.82) is 0 Å². The highest BCUT2D eigenvalue weighted by Crippen LogP contribution is 2.16. The summed E-state index contributed by atoms with van der Waals surface area (Å²) in [6.45, 7) is 8.30. The van der Waals surface area contributed by atoms with Gasteiger partial charge in [0.25, 0.3) is 0 Å². The first-order chi connectivity index (χ1) is 6.99. The van der Waals surface area contributed by atoms with Gasteiger partial charge in [-0.3, -0.25) is 0 Å². The van der Waals surface area contributed by atoms with Gasteiger partial charge in [0.05, 0.1) is 11.9 Å². The minimum Gasteiger partial charge on any atom is -0.496 e. The van der Waals surface area contributed by atoms with Crippen LogP contribution in [0.4, 0.5) is 0 Å². The van der Waals surface area contributed by atoms with Crippen LogP contribution in [0.3, 0.4) is 0 Å². The average Bonchev–Trinajstić information content (AvgIpc) is 2.17. The molecule has 0 spiro atoms. The second-order valence-electron chi connectivity index (χ2n) is 4.76. The van der Waals surface area contributed by atoms with E-state index in [1.54, 1.807) is 6.26 Å². The minimum atomic E-state index is -0.104. The summed E-state index contributed by atoms with van der Waals surface area (Å²) in [4.78, 5) is 0. The van der Waals surface area contributed by atoms with Crippen molar-refractivity contribution in [2.75, 3.05) is 0 Å². The molecular formula is C14H20O. The molecule has 0 bridgehead atoms. The van der Waals surface area contributed by atoms with Gasteiger partial charge in [-0.1, -0.05) is 37.3 Å². The van der Waals surface area contributed by atoms with Crippen molar-refractivity contribution in [2.24, 2.45) is 0 Å². The highest BCUT2D eigenvalue weighted by Gasteiger charge is 2.07. The summed E-state index contributed by atoms with van der Waals surface area (Å²) in [6, 6.07) is 10.4. The molecule has 0 aliphatic carbocycles. The summed E-state index contributed by atoms with van der Waals surface area (Å²) in [5.74, 6) is 0.397. The topological polar surface area (TPSA) is 9.23 Å². The summed E-state index contributed by atoms with van der Waals surface area (Å²) in [5.41, 5.74) is 1.21. The first-order valence-corrected chi connectivity index (χ1v) is 5.38. The molecule has 1 rings (SSSR count). The predicted octanol–water partition coefficient (Wildman–Crippen LogP) is 4.12. The largest absolute Gasteiger partial charge is 0.496 e. The Labute approximate surface area is 92.8 Å². The van der Waals surface area contributed by atoms with E-state index in [1.807, 2.05) is 26.8 Å². The van der Waals surface area contributed by atoms with Crippen molar-refractivity contribution in [3.05, 3.63) is 48.2 Å². The molecule has 0 saturated heterocycles. The van der Waals surface area contributed by atoms with Crippen LogP contribution >= 0.6 is 0 Å². The van der Waals surface area contributed by atoms with E-state index < -0.39 is 0 Å². The van der Waals surface area contributed by atoms with Crippen LogP contribution in [0.5, 0.6) is 0 Å². The molecule has 82 valence electrons. The van der Waals surface area contributed by atoms with Crippen LogP contribution in [0.1, 0.15) is 39.2 Å². The Morgan fingerprint density at radius 3 is 2.27 bits per heavy atom. The molecule has 15 heavy (non-hydrogen) atoms. The third kappa shape index (κ3) is 4.68. The normalized spacial score (nSPS) is 14.1. The summed E-state index contributed by atoms with van der Waals surface area (Å²) in [5, 5.41) is 0. The molecule has 0 heterocycles. The maximum Gasteiger partial charge on any atom is 0.0998 e. The Morgan fingerprint density at radius 1 is 1.13 bits per heavy atom. The summed E-state index contributed by atoms with van der Waals surface area (Å²) in [6.07, 6.45) is 3.89. The van der Waals surface area contributed by atoms with Gasteiger partial charge in [0.1, 0.15) is 0 Å². The highest BCUT2D eigenvalue weighted by molar-refractivity contribution is 5.22.